The number of halogens is 1. The number of carbonyl (C=O) groups is 2. The van der Waals surface area contributed by atoms with E-state index in [2.05, 4.69) is 5.32 Å². The Balaban J connectivity index is 1.97. The average Bonchev–Trinajstić information content (AvgIpc) is 2.60. The van der Waals surface area contributed by atoms with Gasteiger partial charge in [-0.25, -0.2) is 12.8 Å². The Bertz CT molecular complexity index is 795. The standard InChI is InChI=1S/C18H26FN3O4S/c1-13(20-17(24)18(2,3)4)16(23)21-9-11-22(12-10-21)27(25,26)15-7-5-14(19)6-8-15/h5-8,13H,9-12H2,1-4H3,(H,20,24)/t13-/m1/s1. The summed E-state index contributed by atoms with van der Waals surface area (Å²) in [7, 11) is -3.73. The molecule has 1 N–H and O–H groups in total. The molecule has 0 radical (unpaired) electrons. The van der Waals surface area contributed by atoms with Crippen molar-refractivity contribution in [3.8, 4) is 0 Å². The van der Waals surface area contributed by atoms with Crippen molar-refractivity contribution in [2.24, 2.45) is 5.41 Å². The zero-order valence-electron chi connectivity index (χ0n) is 16.0. The summed E-state index contributed by atoms with van der Waals surface area (Å²) in [4.78, 5) is 26.1. The molecule has 2 rings (SSSR count). The van der Waals surface area contributed by atoms with Gasteiger partial charge in [-0.2, -0.15) is 4.31 Å². The van der Waals surface area contributed by atoms with Crippen molar-refractivity contribution in [2.45, 2.75) is 38.6 Å². The number of amides is 2. The summed E-state index contributed by atoms with van der Waals surface area (Å²) in [6, 6.07) is 3.98. The van der Waals surface area contributed by atoms with E-state index in [-0.39, 0.29) is 42.9 Å². The van der Waals surface area contributed by atoms with Crippen LogP contribution in [-0.4, -0.2) is 61.7 Å². The first-order valence-electron chi connectivity index (χ1n) is 8.78. The Kier molecular flexibility index (Phi) is 6.26. The van der Waals surface area contributed by atoms with Gasteiger partial charge in [-0.3, -0.25) is 9.59 Å². The monoisotopic (exact) mass is 399 g/mol. The number of hydrogen-bond donors (Lipinski definition) is 1. The Morgan fingerprint density at radius 2 is 1.59 bits per heavy atom. The molecule has 2 amide bonds. The van der Waals surface area contributed by atoms with Crippen LogP contribution in [0, 0.1) is 11.2 Å². The molecule has 0 unspecified atom stereocenters. The van der Waals surface area contributed by atoms with Gasteiger partial charge in [0.05, 0.1) is 4.90 Å². The van der Waals surface area contributed by atoms with Crippen LogP contribution in [0.25, 0.3) is 0 Å². The van der Waals surface area contributed by atoms with Crippen LogP contribution in [0.5, 0.6) is 0 Å². The summed E-state index contributed by atoms with van der Waals surface area (Å²) in [5.74, 6) is -0.969. The number of hydrogen-bond acceptors (Lipinski definition) is 4. The minimum absolute atomic E-state index is 0.0227. The van der Waals surface area contributed by atoms with Crippen molar-refractivity contribution in [3.05, 3.63) is 30.1 Å². The van der Waals surface area contributed by atoms with E-state index in [1.165, 1.54) is 16.4 Å². The average molecular weight is 399 g/mol. The van der Waals surface area contributed by atoms with E-state index in [1.807, 2.05) is 0 Å². The molecule has 27 heavy (non-hydrogen) atoms. The maximum atomic E-state index is 13.0. The highest BCUT2D eigenvalue weighted by Crippen LogP contribution is 2.18. The lowest BCUT2D eigenvalue weighted by Gasteiger charge is -2.35. The van der Waals surface area contributed by atoms with Crippen LogP contribution in [-0.2, 0) is 19.6 Å². The third-order valence-corrected chi connectivity index (χ3v) is 6.31. The van der Waals surface area contributed by atoms with Crippen LogP contribution in [0.4, 0.5) is 4.39 Å². The van der Waals surface area contributed by atoms with Gasteiger partial charge in [-0.15, -0.1) is 0 Å². The Hall–Kier alpha value is -2.00. The molecule has 1 fully saturated rings. The summed E-state index contributed by atoms with van der Waals surface area (Å²) in [5, 5.41) is 2.69. The normalized spacial score (nSPS) is 17.4. The summed E-state index contributed by atoms with van der Waals surface area (Å²) in [5.41, 5.74) is -0.601. The molecule has 1 aliphatic heterocycles. The molecular formula is C18H26FN3O4S. The number of nitrogens with zero attached hydrogens (tertiary/aromatic N) is 2. The number of benzene rings is 1. The third-order valence-electron chi connectivity index (χ3n) is 4.40. The Labute approximate surface area is 159 Å². The second-order valence-electron chi connectivity index (χ2n) is 7.63. The van der Waals surface area contributed by atoms with Crippen molar-refractivity contribution < 1.29 is 22.4 Å². The van der Waals surface area contributed by atoms with E-state index in [1.54, 1.807) is 32.6 Å². The fourth-order valence-corrected chi connectivity index (χ4v) is 4.08. The molecule has 150 valence electrons. The third kappa shape index (κ3) is 5.04. The molecule has 0 spiro atoms. The molecule has 0 saturated carbocycles. The molecule has 9 heteroatoms. The number of rotatable bonds is 4. The second-order valence-corrected chi connectivity index (χ2v) is 9.57. The fourth-order valence-electron chi connectivity index (χ4n) is 2.65. The number of piperazine rings is 1. The first kappa shape index (κ1) is 21.3. The highest BCUT2D eigenvalue weighted by molar-refractivity contribution is 7.89. The van der Waals surface area contributed by atoms with Crippen LogP contribution < -0.4 is 5.32 Å². The maximum absolute atomic E-state index is 13.0. The van der Waals surface area contributed by atoms with Gasteiger partial charge in [0.25, 0.3) is 0 Å². The second kappa shape index (κ2) is 7.93. The predicted molar refractivity (Wildman–Crippen MR) is 98.8 cm³/mol. The molecule has 0 aliphatic carbocycles. The van der Waals surface area contributed by atoms with Gasteiger partial charge in [0.15, 0.2) is 0 Å². The predicted octanol–water partition coefficient (Wildman–Crippen LogP) is 1.21. The van der Waals surface area contributed by atoms with Crippen LogP contribution in [0.15, 0.2) is 29.2 Å². The first-order chi connectivity index (χ1) is 12.4. The minimum Gasteiger partial charge on any atom is -0.344 e. The Morgan fingerprint density at radius 1 is 1.07 bits per heavy atom. The van der Waals surface area contributed by atoms with E-state index >= 15 is 0 Å². The maximum Gasteiger partial charge on any atom is 0.244 e. The van der Waals surface area contributed by atoms with E-state index in [4.69, 9.17) is 0 Å². The zero-order chi connectivity index (χ0) is 20.4. The molecule has 0 aromatic heterocycles. The molecule has 7 nitrogen and oxygen atoms in total. The van der Waals surface area contributed by atoms with Crippen LogP contribution in [0.2, 0.25) is 0 Å². The topological polar surface area (TPSA) is 86.8 Å². The summed E-state index contributed by atoms with van der Waals surface area (Å²) < 4.78 is 39.5. The highest BCUT2D eigenvalue weighted by atomic mass is 32.2. The van der Waals surface area contributed by atoms with E-state index in [0.717, 1.165) is 12.1 Å². The quantitative estimate of drug-likeness (QED) is 0.825. The lowest BCUT2D eigenvalue weighted by atomic mass is 9.95. The highest BCUT2D eigenvalue weighted by Gasteiger charge is 2.32. The lowest BCUT2D eigenvalue weighted by Crippen LogP contribution is -2.55. The minimum atomic E-state index is -3.73. The van der Waals surface area contributed by atoms with Crippen molar-refractivity contribution in [1.82, 2.24) is 14.5 Å². The van der Waals surface area contributed by atoms with Gasteiger partial charge in [-0.05, 0) is 31.2 Å². The lowest BCUT2D eigenvalue weighted by molar-refractivity contribution is -0.139. The van der Waals surface area contributed by atoms with Gasteiger partial charge in [-0.1, -0.05) is 20.8 Å². The zero-order valence-corrected chi connectivity index (χ0v) is 16.8. The molecule has 1 aliphatic rings. The van der Waals surface area contributed by atoms with Crippen LogP contribution >= 0.6 is 0 Å². The summed E-state index contributed by atoms with van der Waals surface area (Å²) in [6.45, 7) is 7.66. The van der Waals surface area contributed by atoms with Crippen LogP contribution in [0.1, 0.15) is 27.7 Å². The first-order valence-corrected chi connectivity index (χ1v) is 10.2. The largest absolute Gasteiger partial charge is 0.344 e. The van der Waals surface area contributed by atoms with E-state index in [0.29, 0.717) is 0 Å². The Morgan fingerprint density at radius 3 is 2.07 bits per heavy atom. The van der Waals surface area contributed by atoms with Crippen LogP contribution in [0.3, 0.4) is 0 Å². The number of nitrogens with one attached hydrogen (secondary N) is 1. The molecule has 1 saturated heterocycles. The molecule has 1 aromatic rings. The smallest absolute Gasteiger partial charge is 0.244 e. The number of carbonyl (C=O) groups excluding carboxylic acids is 2. The molecule has 1 heterocycles. The summed E-state index contributed by atoms with van der Waals surface area (Å²) >= 11 is 0. The SMILES string of the molecule is C[C@@H](NC(=O)C(C)(C)C)C(=O)N1CCN(S(=O)(=O)c2ccc(F)cc2)CC1. The van der Waals surface area contributed by atoms with Gasteiger partial charge in [0, 0.05) is 31.6 Å². The van der Waals surface area contributed by atoms with Gasteiger partial charge < -0.3 is 10.2 Å². The molecule has 1 aromatic carbocycles. The molecular weight excluding hydrogens is 373 g/mol. The molecule has 0 bridgehead atoms. The van der Waals surface area contributed by atoms with Gasteiger partial charge >= 0.3 is 0 Å². The summed E-state index contributed by atoms with van der Waals surface area (Å²) in [6.07, 6.45) is 0. The van der Waals surface area contributed by atoms with Crippen molar-refractivity contribution >= 4 is 21.8 Å². The van der Waals surface area contributed by atoms with Crippen molar-refractivity contribution in [3.63, 3.8) is 0 Å². The fraction of sp³-hybridized carbons (Fsp3) is 0.556. The number of sulfonamides is 1. The van der Waals surface area contributed by atoms with Gasteiger partial charge in [0.2, 0.25) is 21.8 Å². The van der Waals surface area contributed by atoms with E-state index in [9.17, 15) is 22.4 Å². The van der Waals surface area contributed by atoms with Crippen molar-refractivity contribution in [2.75, 3.05) is 26.2 Å². The van der Waals surface area contributed by atoms with E-state index < -0.39 is 27.3 Å². The van der Waals surface area contributed by atoms with Gasteiger partial charge in [0.1, 0.15) is 11.9 Å². The van der Waals surface area contributed by atoms with Crippen molar-refractivity contribution in [1.29, 1.82) is 0 Å². The molecule has 1 atom stereocenters.